The van der Waals surface area contributed by atoms with Crippen LogP contribution in [0.2, 0.25) is 0 Å². The molecule has 2 aromatic carbocycles. The normalized spacial score (nSPS) is 21.0. The zero-order chi connectivity index (χ0) is 22.7. The number of aromatic nitrogens is 1. The number of hydrogen-bond donors (Lipinski definition) is 0. The van der Waals surface area contributed by atoms with E-state index >= 15 is 0 Å². The van der Waals surface area contributed by atoms with Gasteiger partial charge in [-0.1, -0.05) is 42.0 Å². The molecular weight excluding hydrogens is 412 g/mol. The SMILES string of the molecule is Cc1ccc(C2(C(=O)N3CCOCC(Cc4ccc5ccncc5c4)C3)CCOCC2)cc1. The van der Waals surface area contributed by atoms with E-state index in [1.807, 2.05) is 18.5 Å². The maximum atomic E-state index is 14.1. The van der Waals surface area contributed by atoms with E-state index in [1.54, 1.807) is 0 Å². The summed E-state index contributed by atoms with van der Waals surface area (Å²) in [7, 11) is 0. The van der Waals surface area contributed by atoms with Crippen LogP contribution in [-0.2, 0) is 26.1 Å². The monoisotopic (exact) mass is 444 g/mol. The summed E-state index contributed by atoms with van der Waals surface area (Å²) in [6.45, 7) is 5.96. The van der Waals surface area contributed by atoms with E-state index in [4.69, 9.17) is 9.47 Å². The molecule has 0 spiro atoms. The first-order valence-electron chi connectivity index (χ1n) is 12.0. The molecule has 0 saturated carbocycles. The second kappa shape index (κ2) is 9.62. The summed E-state index contributed by atoms with van der Waals surface area (Å²) < 4.78 is 11.6. The number of carbonyl (C=O) groups is 1. The molecular formula is C28H32N2O3. The van der Waals surface area contributed by atoms with Gasteiger partial charge in [-0.2, -0.15) is 0 Å². The molecule has 3 heterocycles. The van der Waals surface area contributed by atoms with E-state index < -0.39 is 5.41 Å². The van der Waals surface area contributed by atoms with Crippen LogP contribution in [0.4, 0.5) is 0 Å². The largest absolute Gasteiger partial charge is 0.381 e. The number of pyridine rings is 1. The molecule has 1 aromatic heterocycles. The summed E-state index contributed by atoms with van der Waals surface area (Å²) in [5.74, 6) is 0.494. The van der Waals surface area contributed by atoms with Crippen molar-refractivity contribution < 1.29 is 14.3 Å². The van der Waals surface area contributed by atoms with Crippen LogP contribution in [0, 0.1) is 12.8 Å². The third kappa shape index (κ3) is 4.66. The van der Waals surface area contributed by atoms with E-state index in [0.717, 1.165) is 36.8 Å². The summed E-state index contributed by atoms with van der Waals surface area (Å²) in [4.78, 5) is 20.4. The molecule has 3 aromatic rings. The van der Waals surface area contributed by atoms with E-state index in [0.29, 0.717) is 33.0 Å². The van der Waals surface area contributed by atoms with Gasteiger partial charge in [0.2, 0.25) is 5.91 Å². The Morgan fingerprint density at radius 1 is 1.03 bits per heavy atom. The average Bonchev–Trinajstić information content (AvgIpc) is 3.10. The smallest absolute Gasteiger partial charge is 0.233 e. The predicted molar refractivity (Wildman–Crippen MR) is 129 cm³/mol. The number of carbonyl (C=O) groups excluding carboxylic acids is 1. The van der Waals surface area contributed by atoms with Gasteiger partial charge in [0.05, 0.1) is 18.6 Å². The predicted octanol–water partition coefficient (Wildman–Crippen LogP) is 4.31. The van der Waals surface area contributed by atoms with E-state index in [-0.39, 0.29) is 11.8 Å². The molecule has 0 bridgehead atoms. The summed E-state index contributed by atoms with van der Waals surface area (Å²) in [6.07, 6.45) is 6.08. The highest BCUT2D eigenvalue weighted by atomic mass is 16.5. The molecule has 2 fully saturated rings. The highest BCUT2D eigenvalue weighted by molar-refractivity contribution is 5.88. The van der Waals surface area contributed by atoms with Gasteiger partial charge >= 0.3 is 0 Å². The van der Waals surface area contributed by atoms with E-state index in [1.165, 1.54) is 16.5 Å². The molecule has 172 valence electrons. The van der Waals surface area contributed by atoms with Crippen molar-refractivity contribution in [3.63, 3.8) is 0 Å². The summed E-state index contributed by atoms with van der Waals surface area (Å²) >= 11 is 0. The van der Waals surface area contributed by atoms with Crippen LogP contribution in [0.5, 0.6) is 0 Å². The van der Waals surface area contributed by atoms with Crippen LogP contribution in [-0.4, -0.2) is 55.3 Å². The molecule has 2 aliphatic rings. The van der Waals surface area contributed by atoms with Gasteiger partial charge in [-0.15, -0.1) is 0 Å². The molecule has 5 nitrogen and oxygen atoms in total. The Morgan fingerprint density at radius 2 is 1.85 bits per heavy atom. The molecule has 0 N–H and O–H groups in total. The lowest BCUT2D eigenvalue weighted by Crippen LogP contribution is -2.51. The lowest BCUT2D eigenvalue weighted by atomic mass is 9.72. The number of rotatable bonds is 4. The van der Waals surface area contributed by atoms with Crippen molar-refractivity contribution in [3.8, 4) is 0 Å². The third-order valence-corrected chi connectivity index (χ3v) is 7.21. The minimum absolute atomic E-state index is 0.230. The Morgan fingerprint density at radius 3 is 2.67 bits per heavy atom. The van der Waals surface area contributed by atoms with Gasteiger partial charge in [0, 0.05) is 50.0 Å². The van der Waals surface area contributed by atoms with Gasteiger partial charge in [0.25, 0.3) is 0 Å². The lowest BCUT2D eigenvalue weighted by Gasteiger charge is -2.40. The standard InChI is InChI=1S/C28H32N2O3/c1-21-2-6-26(7-3-21)28(9-13-32-14-10-28)27(31)30-12-15-33-20-23(19-30)16-22-4-5-24-8-11-29-18-25(24)17-22/h2-8,11,17-18,23H,9-10,12-16,19-20H2,1H3. The topological polar surface area (TPSA) is 51.7 Å². The number of amides is 1. The van der Waals surface area contributed by atoms with Crippen molar-refractivity contribution in [2.24, 2.45) is 5.92 Å². The first-order chi connectivity index (χ1) is 16.1. The molecule has 0 aliphatic carbocycles. The van der Waals surface area contributed by atoms with Crippen molar-refractivity contribution in [2.75, 3.05) is 39.5 Å². The highest BCUT2D eigenvalue weighted by Crippen LogP contribution is 2.37. The second-order valence-electron chi connectivity index (χ2n) is 9.51. The maximum Gasteiger partial charge on any atom is 0.233 e. The number of fused-ring (bicyclic) bond motifs is 1. The van der Waals surface area contributed by atoms with Crippen molar-refractivity contribution in [1.82, 2.24) is 9.88 Å². The molecule has 2 aliphatic heterocycles. The highest BCUT2D eigenvalue weighted by Gasteiger charge is 2.44. The first kappa shape index (κ1) is 22.1. The molecule has 0 radical (unpaired) electrons. The first-order valence-corrected chi connectivity index (χ1v) is 12.0. The third-order valence-electron chi connectivity index (χ3n) is 7.21. The summed E-state index contributed by atoms with van der Waals surface area (Å²) in [5, 5.41) is 2.35. The minimum Gasteiger partial charge on any atom is -0.381 e. The maximum absolute atomic E-state index is 14.1. The zero-order valence-electron chi connectivity index (χ0n) is 19.3. The summed E-state index contributed by atoms with van der Waals surface area (Å²) in [6, 6.07) is 17.1. The van der Waals surface area contributed by atoms with Crippen LogP contribution in [0.15, 0.2) is 60.9 Å². The van der Waals surface area contributed by atoms with Crippen LogP contribution in [0.1, 0.15) is 29.5 Å². The van der Waals surface area contributed by atoms with Crippen LogP contribution >= 0.6 is 0 Å². The number of aryl methyl sites for hydroxylation is 1. The fourth-order valence-corrected chi connectivity index (χ4v) is 5.30. The Kier molecular flexibility index (Phi) is 6.43. The average molecular weight is 445 g/mol. The molecule has 1 atom stereocenters. The van der Waals surface area contributed by atoms with Gasteiger partial charge < -0.3 is 14.4 Å². The number of nitrogens with zero attached hydrogens (tertiary/aromatic N) is 2. The lowest BCUT2D eigenvalue weighted by molar-refractivity contribution is -0.141. The van der Waals surface area contributed by atoms with Gasteiger partial charge in [-0.05, 0) is 54.8 Å². The molecule has 33 heavy (non-hydrogen) atoms. The van der Waals surface area contributed by atoms with E-state index in [2.05, 4.69) is 59.3 Å². The van der Waals surface area contributed by atoms with Gasteiger partial charge in [0.15, 0.2) is 0 Å². The molecule has 2 saturated heterocycles. The summed E-state index contributed by atoms with van der Waals surface area (Å²) in [5.41, 5.74) is 3.08. The van der Waals surface area contributed by atoms with E-state index in [9.17, 15) is 4.79 Å². The minimum atomic E-state index is -0.505. The molecule has 1 unspecified atom stereocenters. The number of hydrogen-bond acceptors (Lipinski definition) is 4. The Balaban J connectivity index is 1.37. The van der Waals surface area contributed by atoms with Crippen molar-refractivity contribution in [1.29, 1.82) is 0 Å². The van der Waals surface area contributed by atoms with Crippen molar-refractivity contribution >= 4 is 16.7 Å². The van der Waals surface area contributed by atoms with Gasteiger partial charge in [-0.25, -0.2) is 0 Å². The Hall–Kier alpha value is -2.76. The van der Waals surface area contributed by atoms with Gasteiger partial charge in [-0.3, -0.25) is 9.78 Å². The number of benzene rings is 2. The molecule has 1 amide bonds. The Labute approximate surface area is 195 Å². The zero-order valence-corrected chi connectivity index (χ0v) is 19.3. The van der Waals surface area contributed by atoms with Gasteiger partial charge in [0.1, 0.15) is 0 Å². The van der Waals surface area contributed by atoms with Crippen LogP contribution in [0.25, 0.3) is 10.8 Å². The van der Waals surface area contributed by atoms with Crippen LogP contribution < -0.4 is 0 Å². The fraction of sp³-hybridized carbons (Fsp3) is 0.429. The molecule has 5 heteroatoms. The van der Waals surface area contributed by atoms with Crippen molar-refractivity contribution in [3.05, 3.63) is 77.6 Å². The van der Waals surface area contributed by atoms with Crippen molar-refractivity contribution in [2.45, 2.75) is 31.6 Å². The Bertz CT molecular complexity index is 1110. The quantitative estimate of drug-likeness (QED) is 0.602. The molecule has 5 rings (SSSR count). The number of ether oxygens (including phenoxy) is 2. The second-order valence-corrected chi connectivity index (χ2v) is 9.51. The van der Waals surface area contributed by atoms with Crippen LogP contribution in [0.3, 0.4) is 0 Å². The fourth-order valence-electron chi connectivity index (χ4n) is 5.30.